The molecule has 6 heteroatoms. The SMILES string of the molecule is Cc1nn(C)c(N2CCOCC2)c1CNC[C@@H]1CCCN1C. The van der Waals surface area contributed by atoms with Crippen LogP contribution in [0.25, 0.3) is 0 Å². The van der Waals surface area contributed by atoms with E-state index in [2.05, 4.69) is 34.2 Å². The Balaban J connectivity index is 1.64. The largest absolute Gasteiger partial charge is 0.378 e. The number of likely N-dealkylation sites (tertiary alicyclic amines) is 1. The molecule has 1 atom stereocenters. The molecule has 0 saturated carbocycles. The van der Waals surface area contributed by atoms with Crippen LogP contribution in [0.15, 0.2) is 0 Å². The predicted octanol–water partition coefficient (Wildman–Crippen LogP) is 0.749. The summed E-state index contributed by atoms with van der Waals surface area (Å²) in [4.78, 5) is 4.87. The molecule has 0 amide bonds. The van der Waals surface area contributed by atoms with Crippen molar-refractivity contribution in [1.29, 1.82) is 0 Å². The molecule has 2 aliphatic heterocycles. The maximum atomic E-state index is 5.48. The standard InChI is InChI=1S/C16H29N5O/c1-13-15(12-17-11-14-5-4-6-19(14)2)16(20(3)18-13)21-7-9-22-10-8-21/h14,17H,4-12H2,1-3H3/t14-/m0/s1. The molecule has 3 rings (SSSR count). The van der Waals surface area contributed by atoms with Crippen molar-refractivity contribution in [3.63, 3.8) is 0 Å². The van der Waals surface area contributed by atoms with Gasteiger partial charge < -0.3 is 19.9 Å². The number of ether oxygens (including phenoxy) is 1. The van der Waals surface area contributed by atoms with Gasteiger partial charge in [0.2, 0.25) is 0 Å². The summed E-state index contributed by atoms with van der Waals surface area (Å²) in [6, 6.07) is 0.684. The smallest absolute Gasteiger partial charge is 0.131 e. The van der Waals surface area contributed by atoms with Gasteiger partial charge in [-0.3, -0.25) is 4.68 Å². The Morgan fingerprint density at radius 2 is 2.00 bits per heavy atom. The fourth-order valence-electron chi connectivity index (χ4n) is 3.67. The van der Waals surface area contributed by atoms with Crippen molar-refractivity contribution in [3.05, 3.63) is 11.3 Å². The fraction of sp³-hybridized carbons (Fsp3) is 0.812. The number of nitrogens with zero attached hydrogens (tertiary/aromatic N) is 4. The van der Waals surface area contributed by atoms with Gasteiger partial charge in [0, 0.05) is 44.8 Å². The first-order valence-electron chi connectivity index (χ1n) is 8.43. The number of hydrogen-bond acceptors (Lipinski definition) is 5. The zero-order chi connectivity index (χ0) is 15.5. The van der Waals surface area contributed by atoms with Gasteiger partial charge in [-0.05, 0) is 33.4 Å². The third kappa shape index (κ3) is 3.29. The minimum absolute atomic E-state index is 0.684. The van der Waals surface area contributed by atoms with Gasteiger partial charge in [0.25, 0.3) is 0 Å². The second-order valence-electron chi connectivity index (χ2n) is 6.52. The maximum Gasteiger partial charge on any atom is 0.131 e. The summed E-state index contributed by atoms with van der Waals surface area (Å²) in [5.41, 5.74) is 2.47. The Labute approximate surface area is 133 Å². The van der Waals surface area contributed by atoms with E-state index in [0.29, 0.717) is 6.04 Å². The highest BCUT2D eigenvalue weighted by molar-refractivity contribution is 5.50. The van der Waals surface area contributed by atoms with E-state index in [0.717, 1.165) is 45.1 Å². The third-order valence-electron chi connectivity index (χ3n) is 4.98. The first-order valence-corrected chi connectivity index (χ1v) is 8.43. The average Bonchev–Trinajstić information content (AvgIpc) is 3.04. The van der Waals surface area contributed by atoms with E-state index in [1.807, 2.05) is 11.7 Å². The summed E-state index contributed by atoms with van der Waals surface area (Å²) < 4.78 is 7.50. The summed E-state index contributed by atoms with van der Waals surface area (Å²) >= 11 is 0. The maximum absolute atomic E-state index is 5.48. The van der Waals surface area contributed by atoms with Crippen LogP contribution < -0.4 is 10.2 Å². The second-order valence-corrected chi connectivity index (χ2v) is 6.52. The van der Waals surface area contributed by atoms with E-state index in [1.54, 1.807) is 0 Å². The molecule has 0 spiro atoms. The summed E-state index contributed by atoms with van der Waals surface area (Å²) in [6.07, 6.45) is 2.64. The normalized spacial score (nSPS) is 23.4. The van der Waals surface area contributed by atoms with Crippen molar-refractivity contribution in [2.75, 3.05) is 51.3 Å². The molecule has 2 aliphatic rings. The van der Waals surface area contributed by atoms with Crippen molar-refractivity contribution in [1.82, 2.24) is 20.0 Å². The van der Waals surface area contributed by atoms with Gasteiger partial charge >= 0.3 is 0 Å². The van der Waals surface area contributed by atoms with Gasteiger partial charge in [-0.2, -0.15) is 5.10 Å². The molecule has 6 nitrogen and oxygen atoms in total. The summed E-state index contributed by atoms with van der Waals surface area (Å²) in [6.45, 7) is 8.84. The van der Waals surface area contributed by atoms with Gasteiger partial charge in [-0.1, -0.05) is 0 Å². The van der Waals surface area contributed by atoms with E-state index in [9.17, 15) is 0 Å². The van der Waals surface area contributed by atoms with E-state index < -0.39 is 0 Å². The monoisotopic (exact) mass is 307 g/mol. The number of rotatable bonds is 5. The molecule has 1 aromatic rings. The van der Waals surface area contributed by atoms with Crippen molar-refractivity contribution < 1.29 is 4.74 Å². The van der Waals surface area contributed by atoms with Gasteiger partial charge in [0.1, 0.15) is 5.82 Å². The molecule has 0 unspecified atom stereocenters. The van der Waals surface area contributed by atoms with Crippen molar-refractivity contribution in [3.8, 4) is 0 Å². The number of anilines is 1. The molecule has 124 valence electrons. The molecule has 22 heavy (non-hydrogen) atoms. The number of likely N-dealkylation sites (N-methyl/N-ethyl adjacent to an activating group) is 1. The van der Waals surface area contributed by atoms with Crippen LogP contribution >= 0.6 is 0 Å². The first-order chi connectivity index (χ1) is 10.7. The Hall–Kier alpha value is -1.11. The van der Waals surface area contributed by atoms with Gasteiger partial charge in [0.05, 0.1) is 18.9 Å². The van der Waals surface area contributed by atoms with Crippen LogP contribution in [0.2, 0.25) is 0 Å². The molecule has 1 aromatic heterocycles. The number of aryl methyl sites for hydroxylation is 2. The van der Waals surface area contributed by atoms with Crippen LogP contribution in [-0.4, -0.2) is 67.2 Å². The Kier molecular flexibility index (Phi) is 5.00. The molecule has 3 heterocycles. The zero-order valence-electron chi connectivity index (χ0n) is 14.1. The van der Waals surface area contributed by atoms with E-state index in [1.165, 1.54) is 30.8 Å². The molecule has 1 N–H and O–H groups in total. The fourth-order valence-corrected chi connectivity index (χ4v) is 3.67. The van der Waals surface area contributed by atoms with Crippen LogP contribution in [-0.2, 0) is 18.3 Å². The topological polar surface area (TPSA) is 45.6 Å². The van der Waals surface area contributed by atoms with Crippen LogP contribution in [0.4, 0.5) is 5.82 Å². The lowest BCUT2D eigenvalue weighted by Gasteiger charge is -2.29. The van der Waals surface area contributed by atoms with E-state index >= 15 is 0 Å². The highest BCUT2D eigenvalue weighted by Gasteiger charge is 2.23. The molecule has 2 fully saturated rings. The van der Waals surface area contributed by atoms with E-state index in [-0.39, 0.29) is 0 Å². The first kappa shape index (κ1) is 15.8. The van der Waals surface area contributed by atoms with Crippen LogP contribution in [0, 0.1) is 6.92 Å². The van der Waals surface area contributed by atoms with Crippen molar-refractivity contribution in [2.24, 2.45) is 7.05 Å². The summed E-state index contributed by atoms with van der Waals surface area (Å²) in [7, 11) is 4.28. The molecule has 0 aromatic carbocycles. The van der Waals surface area contributed by atoms with Crippen molar-refractivity contribution in [2.45, 2.75) is 32.4 Å². The van der Waals surface area contributed by atoms with Gasteiger partial charge in [-0.25, -0.2) is 0 Å². The quantitative estimate of drug-likeness (QED) is 0.870. The molecular weight excluding hydrogens is 278 g/mol. The molecule has 0 radical (unpaired) electrons. The average molecular weight is 307 g/mol. The molecular formula is C16H29N5O. The van der Waals surface area contributed by atoms with Gasteiger partial charge in [-0.15, -0.1) is 0 Å². The highest BCUT2D eigenvalue weighted by Crippen LogP contribution is 2.24. The second kappa shape index (κ2) is 6.98. The highest BCUT2D eigenvalue weighted by atomic mass is 16.5. The lowest BCUT2D eigenvalue weighted by Crippen LogP contribution is -2.39. The Morgan fingerprint density at radius 1 is 1.23 bits per heavy atom. The minimum Gasteiger partial charge on any atom is -0.378 e. The molecule has 0 aliphatic carbocycles. The lowest BCUT2D eigenvalue weighted by molar-refractivity contribution is 0.122. The predicted molar refractivity (Wildman–Crippen MR) is 88.3 cm³/mol. The minimum atomic E-state index is 0.684. The number of aromatic nitrogens is 2. The van der Waals surface area contributed by atoms with E-state index in [4.69, 9.17) is 4.74 Å². The molecule has 2 saturated heterocycles. The summed E-state index contributed by atoms with van der Waals surface area (Å²) in [5, 5.41) is 8.29. The number of morpholine rings is 1. The Morgan fingerprint density at radius 3 is 2.68 bits per heavy atom. The third-order valence-corrected chi connectivity index (χ3v) is 4.98. The number of hydrogen-bond donors (Lipinski definition) is 1. The van der Waals surface area contributed by atoms with Gasteiger partial charge in [0.15, 0.2) is 0 Å². The van der Waals surface area contributed by atoms with Crippen LogP contribution in [0.3, 0.4) is 0 Å². The van der Waals surface area contributed by atoms with Crippen LogP contribution in [0.5, 0.6) is 0 Å². The lowest BCUT2D eigenvalue weighted by atomic mass is 10.2. The zero-order valence-corrected chi connectivity index (χ0v) is 14.1. The Bertz CT molecular complexity index is 495. The van der Waals surface area contributed by atoms with Crippen LogP contribution in [0.1, 0.15) is 24.1 Å². The number of nitrogens with one attached hydrogen (secondary N) is 1. The summed E-state index contributed by atoms with van der Waals surface area (Å²) in [5.74, 6) is 1.26. The van der Waals surface area contributed by atoms with Crippen molar-refractivity contribution >= 4 is 5.82 Å². The molecule has 0 bridgehead atoms.